The Hall–Kier alpha value is -2.33. The summed E-state index contributed by atoms with van der Waals surface area (Å²) >= 11 is 0. The number of aliphatic hydroxyl groups is 1. The summed E-state index contributed by atoms with van der Waals surface area (Å²) in [6, 6.07) is 13.8. The number of fused-ring (bicyclic) bond motifs is 1. The number of benzene rings is 1. The van der Waals surface area contributed by atoms with E-state index in [-0.39, 0.29) is 30.5 Å². The lowest BCUT2D eigenvalue weighted by Gasteiger charge is -2.23. The molecule has 0 aliphatic carbocycles. The van der Waals surface area contributed by atoms with Gasteiger partial charge in [0.25, 0.3) is 0 Å². The van der Waals surface area contributed by atoms with Crippen LogP contribution in [-0.2, 0) is 12.1 Å². The molecule has 3 rings (SSSR count). The Morgan fingerprint density at radius 2 is 1.94 bits per heavy atom. The van der Waals surface area contributed by atoms with Crippen LogP contribution in [0.15, 0.2) is 51.9 Å². The number of anilines is 1. The number of para-hydroxylation sites is 1. The van der Waals surface area contributed by atoms with E-state index in [2.05, 4.69) is 22.8 Å². The van der Waals surface area contributed by atoms with Crippen molar-refractivity contribution >= 4 is 46.7 Å². The van der Waals surface area contributed by atoms with E-state index >= 15 is 0 Å². The summed E-state index contributed by atoms with van der Waals surface area (Å²) in [6.45, 7) is 7.07. The highest BCUT2D eigenvalue weighted by Crippen LogP contribution is 2.23. The number of rotatable bonds is 7. The zero-order chi connectivity index (χ0) is 21.7. The Balaban J connectivity index is 0.00000341. The summed E-state index contributed by atoms with van der Waals surface area (Å²) in [7, 11) is 3.96. The molecule has 1 aromatic carbocycles. The van der Waals surface area contributed by atoms with Gasteiger partial charge in [0.2, 0.25) is 0 Å². The van der Waals surface area contributed by atoms with Crippen LogP contribution in [0.5, 0.6) is 0 Å². The van der Waals surface area contributed by atoms with Crippen molar-refractivity contribution < 1.29 is 9.52 Å². The molecule has 0 aliphatic heterocycles. The SMILES string of the molecule is CCNC(=NCc1cc(N(C)C)nc2ccccc12)NCC(C)(O)c1ccc(C)o1.I. The highest BCUT2D eigenvalue weighted by molar-refractivity contribution is 14.0. The molecule has 31 heavy (non-hydrogen) atoms. The van der Waals surface area contributed by atoms with E-state index in [1.165, 1.54) is 0 Å². The summed E-state index contributed by atoms with van der Waals surface area (Å²) in [5.74, 6) is 2.83. The van der Waals surface area contributed by atoms with Crippen LogP contribution in [0.2, 0.25) is 0 Å². The van der Waals surface area contributed by atoms with Gasteiger partial charge in [0.15, 0.2) is 5.96 Å². The fourth-order valence-electron chi connectivity index (χ4n) is 3.16. The number of furan rings is 1. The Labute approximate surface area is 201 Å². The molecule has 0 saturated heterocycles. The molecule has 0 spiro atoms. The van der Waals surface area contributed by atoms with Crippen LogP contribution in [0.1, 0.15) is 30.9 Å². The van der Waals surface area contributed by atoms with Crippen molar-refractivity contribution in [1.29, 1.82) is 0 Å². The number of guanidine groups is 1. The molecular weight excluding hydrogens is 505 g/mol. The fourth-order valence-corrected chi connectivity index (χ4v) is 3.16. The molecule has 2 aromatic heterocycles. The molecule has 0 radical (unpaired) electrons. The average molecular weight is 537 g/mol. The average Bonchev–Trinajstić information content (AvgIpc) is 3.17. The molecule has 3 N–H and O–H groups in total. The van der Waals surface area contributed by atoms with Crippen LogP contribution in [0.3, 0.4) is 0 Å². The second kappa shape index (κ2) is 10.8. The van der Waals surface area contributed by atoms with Gasteiger partial charge in [-0.05, 0) is 50.6 Å². The van der Waals surface area contributed by atoms with Crippen molar-refractivity contribution in [3.05, 3.63) is 59.5 Å². The zero-order valence-electron chi connectivity index (χ0n) is 18.8. The summed E-state index contributed by atoms with van der Waals surface area (Å²) in [5.41, 5.74) is 0.893. The fraction of sp³-hybridized carbons (Fsp3) is 0.391. The van der Waals surface area contributed by atoms with Crippen LogP contribution >= 0.6 is 24.0 Å². The molecule has 0 aliphatic rings. The van der Waals surface area contributed by atoms with Crippen molar-refractivity contribution in [1.82, 2.24) is 15.6 Å². The Kier molecular flexibility index (Phi) is 8.69. The molecule has 1 atom stereocenters. The molecule has 0 amide bonds. The van der Waals surface area contributed by atoms with Crippen LogP contribution < -0.4 is 15.5 Å². The highest BCUT2D eigenvalue weighted by atomic mass is 127. The van der Waals surface area contributed by atoms with Gasteiger partial charge in [0, 0.05) is 26.0 Å². The van der Waals surface area contributed by atoms with Crippen molar-refractivity contribution in [2.24, 2.45) is 4.99 Å². The number of nitrogens with zero attached hydrogens (tertiary/aromatic N) is 3. The number of aromatic nitrogens is 1. The van der Waals surface area contributed by atoms with Crippen LogP contribution in [0.4, 0.5) is 5.82 Å². The van der Waals surface area contributed by atoms with E-state index in [4.69, 9.17) is 14.4 Å². The monoisotopic (exact) mass is 537 g/mol. The predicted octanol–water partition coefficient (Wildman–Crippen LogP) is 3.78. The van der Waals surface area contributed by atoms with Crippen LogP contribution in [-0.4, -0.2) is 43.2 Å². The van der Waals surface area contributed by atoms with Gasteiger partial charge < -0.3 is 25.1 Å². The molecule has 0 fully saturated rings. The minimum atomic E-state index is -1.15. The molecule has 0 bridgehead atoms. The topological polar surface area (TPSA) is 85.9 Å². The van der Waals surface area contributed by atoms with Crippen molar-refractivity contribution in [2.75, 3.05) is 32.1 Å². The lowest BCUT2D eigenvalue weighted by atomic mass is 10.0. The molecule has 2 heterocycles. The maximum atomic E-state index is 10.8. The van der Waals surface area contributed by atoms with E-state index in [9.17, 15) is 5.11 Å². The predicted molar refractivity (Wildman–Crippen MR) is 137 cm³/mol. The molecule has 0 saturated carbocycles. The molecule has 168 valence electrons. The Bertz CT molecular complexity index is 1030. The highest BCUT2D eigenvalue weighted by Gasteiger charge is 2.27. The first kappa shape index (κ1) is 24.9. The number of aryl methyl sites for hydroxylation is 1. The van der Waals surface area contributed by atoms with Crippen molar-refractivity contribution in [3.63, 3.8) is 0 Å². The van der Waals surface area contributed by atoms with E-state index in [1.807, 2.05) is 57.1 Å². The zero-order valence-corrected chi connectivity index (χ0v) is 21.1. The second-order valence-corrected chi connectivity index (χ2v) is 7.78. The minimum Gasteiger partial charge on any atom is -0.463 e. The summed E-state index contributed by atoms with van der Waals surface area (Å²) in [4.78, 5) is 11.4. The Morgan fingerprint density at radius 1 is 1.19 bits per heavy atom. The molecular formula is C23H32IN5O2. The maximum absolute atomic E-state index is 10.8. The van der Waals surface area contributed by atoms with Gasteiger partial charge in [-0.15, -0.1) is 24.0 Å². The first-order chi connectivity index (χ1) is 14.3. The summed E-state index contributed by atoms with van der Waals surface area (Å²) < 4.78 is 5.59. The first-order valence-electron chi connectivity index (χ1n) is 10.2. The van der Waals surface area contributed by atoms with Gasteiger partial charge in [-0.25, -0.2) is 9.98 Å². The standard InChI is InChI=1S/C23H31N5O2.HI/c1-6-24-22(26-15-23(3,29)20-12-11-16(2)30-20)25-14-17-13-21(28(4)5)27-19-10-8-7-9-18(17)19;/h7-13,29H,6,14-15H2,1-5H3,(H2,24,25,26);1H. The number of pyridine rings is 1. The lowest BCUT2D eigenvalue weighted by molar-refractivity contribution is 0.0378. The van der Waals surface area contributed by atoms with Crippen molar-refractivity contribution in [2.45, 2.75) is 32.9 Å². The molecule has 7 nitrogen and oxygen atoms in total. The summed E-state index contributed by atoms with van der Waals surface area (Å²) in [6.07, 6.45) is 0. The minimum absolute atomic E-state index is 0. The maximum Gasteiger partial charge on any atom is 0.191 e. The van der Waals surface area contributed by atoms with Gasteiger partial charge in [-0.2, -0.15) is 0 Å². The van der Waals surface area contributed by atoms with Gasteiger partial charge in [0.05, 0.1) is 18.6 Å². The number of aliphatic imine (C=N–C) groups is 1. The second-order valence-electron chi connectivity index (χ2n) is 7.78. The summed E-state index contributed by atoms with van der Waals surface area (Å²) in [5, 5.41) is 18.3. The lowest BCUT2D eigenvalue weighted by Crippen LogP contribution is -2.44. The first-order valence-corrected chi connectivity index (χ1v) is 10.2. The Morgan fingerprint density at radius 3 is 2.58 bits per heavy atom. The van der Waals surface area contributed by atoms with E-state index in [0.29, 0.717) is 24.8 Å². The third-order valence-electron chi connectivity index (χ3n) is 4.87. The third-order valence-corrected chi connectivity index (χ3v) is 4.87. The van der Waals surface area contributed by atoms with Gasteiger partial charge >= 0.3 is 0 Å². The molecule has 3 aromatic rings. The van der Waals surface area contributed by atoms with Gasteiger partial charge in [-0.3, -0.25) is 0 Å². The molecule has 1 unspecified atom stereocenters. The van der Waals surface area contributed by atoms with Gasteiger partial charge in [0.1, 0.15) is 22.9 Å². The van der Waals surface area contributed by atoms with Crippen LogP contribution in [0, 0.1) is 6.92 Å². The third kappa shape index (κ3) is 6.33. The number of halogens is 1. The largest absolute Gasteiger partial charge is 0.463 e. The number of nitrogens with one attached hydrogen (secondary N) is 2. The number of hydrogen-bond donors (Lipinski definition) is 3. The quantitative estimate of drug-likeness (QED) is 0.242. The van der Waals surface area contributed by atoms with Crippen molar-refractivity contribution in [3.8, 4) is 0 Å². The van der Waals surface area contributed by atoms with E-state index in [1.54, 1.807) is 13.0 Å². The van der Waals surface area contributed by atoms with E-state index in [0.717, 1.165) is 28.0 Å². The smallest absolute Gasteiger partial charge is 0.191 e. The number of hydrogen-bond acceptors (Lipinski definition) is 5. The van der Waals surface area contributed by atoms with Crippen LogP contribution in [0.25, 0.3) is 10.9 Å². The normalized spacial score (nSPS) is 13.4. The van der Waals surface area contributed by atoms with Gasteiger partial charge in [-0.1, -0.05) is 18.2 Å². The molecule has 8 heteroatoms. The van der Waals surface area contributed by atoms with E-state index < -0.39 is 5.60 Å².